The molecule has 0 atom stereocenters. The lowest BCUT2D eigenvalue weighted by Gasteiger charge is -2.15. The number of carboxylic acid groups (broad SMARTS) is 1. The number of primary amides is 1. The number of amides is 1. The van der Waals surface area contributed by atoms with Crippen LogP contribution in [0.4, 0.5) is 0 Å². The van der Waals surface area contributed by atoms with Crippen molar-refractivity contribution in [2.24, 2.45) is 11.1 Å². The number of aliphatic carboxylic acids is 1. The molecule has 0 unspecified atom stereocenters. The van der Waals surface area contributed by atoms with Crippen LogP contribution < -0.4 is 5.73 Å². The second-order valence-electron chi connectivity index (χ2n) is 2.83. The summed E-state index contributed by atoms with van der Waals surface area (Å²) >= 11 is 0. The van der Waals surface area contributed by atoms with Crippen LogP contribution in [-0.2, 0) is 9.59 Å². The van der Waals surface area contributed by atoms with E-state index < -0.39 is 17.3 Å². The minimum Gasteiger partial charge on any atom is -0.481 e. The molecule has 4 heteroatoms. The zero-order valence-corrected chi connectivity index (χ0v) is 6.05. The molecule has 0 aromatic carbocycles. The van der Waals surface area contributed by atoms with Crippen LogP contribution in [0.15, 0.2) is 0 Å². The van der Waals surface area contributed by atoms with Crippen molar-refractivity contribution in [2.45, 2.75) is 20.3 Å². The van der Waals surface area contributed by atoms with Gasteiger partial charge < -0.3 is 10.8 Å². The Balaban J connectivity index is 4.13. The van der Waals surface area contributed by atoms with Crippen molar-refractivity contribution in [3.63, 3.8) is 0 Å². The fourth-order valence-electron chi connectivity index (χ4n) is 0.511. The molecule has 0 aliphatic heterocycles. The van der Waals surface area contributed by atoms with Gasteiger partial charge in [-0.1, -0.05) is 0 Å². The molecular weight excluding hydrogens is 134 g/mol. The summed E-state index contributed by atoms with van der Waals surface area (Å²) in [6, 6.07) is 0. The summed E-state index contributed by atoms with van der Waals surface area (Å²) in [5.41, 5.74) is 3.78. The van der Waals surface area contributed by atoms with Crippen LogP contribution in [0.25, 0.3) is 0 Å². The third kappa shape index (κ3) is 2.48. The van der Waals surface area contributed by atoms with Crippen LogP contribution in [0.5, 0.6) is 0 Å². The van der Waals surface area contributed by atoms with Crippen molar-refractivity contribution in [3.05, 3.63) is 0 Å². The van der Waals surface area contributed by atoms with Gasteiger partial charge in [-0.15, -0.1) is 0 Å². The first kappa shape index (κ1) is 8.94. The van der Waals surface area contributed by atoms with Gasteiger partial charge >= 0.3 is 5.97 Å². The number of carbonyl (C=O) groups is 2. The fourth-order valence-corrected chi connectivity index (χ4v) is 0.511. The monoisotopic (exact) mass is 145 g/mol. The minimum absolute atomic E-state index is 0.123. The van der Waals surface area contributed by atoms with Gasteiger partial charge in [0.15, 0.2) is 0 Å². The fraction of sp³-hybridized carbons (Fsp3) is 0.667. The normalized spacial score (nSPS) is 11.0. The summed E-state index contributed by atoms with van der Waals surface area (Å²) in [4.78, 5) is 20.6. The Morgan fingerprint density at radius 1 is 1.50 bits per heavy atom. The van der Waals surface area contributed by atoms with E-state index in [0.29, 0.717) is 0 Å². The largest absolute Gasteiger partial charge is 0.481 e. The Bertz CT molecular complexity index is 162. The lowest BCUT2D eigenvalue weighted by atomic mass is 9.89. The van der Waals surface area contributed by atoms with E-state index in [1.807, 2.05) is 0 Å². The van der Waals surface area contributed by atoms with E-state index in [4.69, 9.17) is 10.8 Å². The molecule has 10 heavy (non-hydrogen) atoms. The van der Waals surface area contributed by atoms with Crippen molar-refractivity contribution in [3.8, 4) is 0 Å². The summed E-state index contributed by atoms with van der Waals surface area (Å²) in [6.07, 6.45) is -0.123. The Hall–Kier alpha value is -1.06. The summed E-state index contributed by atoms with van der Waals surface area (Å²) in [5.74, 6) is -1.60. The number of carboxylic acids is 1. The summed E-state index contributed by atoms with van der Waals surface area (Å²) in [6.45, 7) is 2.92. The van der Waals surface area contributed by atoms with Crippen LogP contribution in [0.1, 0.15) is 20.3 Å². The van der Waals surface area contributed by atoms with Gasteiger partial charge in [0.05, 0.1) is 5.41 Å². The molecule has 0 fully saturated rings. The standard InChI is InChI=1S/C6H11NO3/c1-6(2,5(9)10)3-4(7)8/h3H2,1-2H3,(H2,7,8)(H,9,10). The second kappa shape index (κ2) is 2.68. The van der Waals surface area contributed by atoms with Crippen molar-refractivity contribution < 1.29 is 14.7 Å². The Morgan fingerprint density at radius 3 is 2.00 bits per heavy atom. The predicted molar refractivity (Wildman–Crippen MR) is 35.2 cm³/mol. The Kier molecular flexibility index (Phi) is 2.40. The molecule has 0 aliphatic rings. The molecule has 0 radical (unpaired) electrons. The quantitative estimate of drug-likeness (QED) is 0.585. The number of carbonyl (C=O) groups excluding carboxylic acids is 1. The average molecular weight is 145 g/mol. The SMILES string of the molecule is CC(C)(CC(N)=O)C(=O)O. The maximum atomic E-state index is 10.3. The van der Waals surface area contributed by atoms with Crippen molar-refractivity contribution >= 4 is 11.9 Å². The number of hydrogen-bond acceptors (Lipinski definition) is 2. The first-order valence-electron chi connectivity index (χ1n) is 2.88. The summed E-state index contributed by atoms with van der Waals surface area (Å²) < 4.78 is 0. The predicted octanol–water partition coefficient (Wildman–Crippen LogP) is -0.0274. The molecular formula is C6H11NO3. The van der Waals surface area contributed by atoms with E-state index in [0.717, 1.165) is 0 Å². The van der Waals surface area contributed by atoms with E-state index in [1.165, 1.54) is 13.8 Å². The summed E-state index contributed by atoms with van der Waals surface area (Å²) in [5, 5.41) is 8.48. The van der Waals surface area contributed by atoms with Crippen molar-refractivity contribution in [2.75, 3.05) is 0 Å². The lowest BCUT2D eigenvalue weighted by molar-refractivity contribution is -0.149. The van der Waals surface area contributed by atoms with E-state index in [1.54, 1.807) is 0 Å². The molecule has 58 valence electrons. The maximum Gasteiger partial charge on any atom is 0.309 e. The van der Waals surface area contributed by atoms with Crippen molar-refractivity contribution in [1.82, 2.24) is 0 Å². The lowest BCUT2D eigenvalue weighted by Crippen LogP contribution is -2.29. The van der Waals surface area contributed by atoms with Gasteiger partial charge in [0.2, 0.25) is 5.91 Å². The molecule has 1 amide bonds. The molecule has 0 aliphatic carbocycles. The van der Waals surface area contributed by atoms with Gasteiger partial charge in [0.1, 0.15) is 0 Å². The van der Waals surface area contributed by atoms with Gasteiger partial charge in [-0.2, -0.15) is 0 Å². The zero-order valence-electron chi connectivity index (χ0n) is 6.05. The van der Waals surface area contributed by atoms with E-state index in [-0.39, 0.29) is 6.42 Å². The summed E-state index contributed by atoms with van der Waals surface area (Å²) in [7, 11) is 0. The van der Waals surface area contributed by atoms with Gasteiger partial charge in [0.25, 0.3) is 0 Å². The number of rotatable bonds is 3. The zero-order chi connectivity index (χ0) is 8.36. The average Bonchev–Trinajstić information content (AvgIpc) is 1.60. The van der Waals surface area contributed by atoms with Crippen LogP contribution in [0, 0.1) is 5.41 Å². The van der Waals surface area contributed by atoms with E-state index >= 15 is 0 Å². The molecule has 0 saturated carbocycles. The van der Waals surface area contributed by atoms with Gasteiger partial charge in [-0.25, -0.2) is 0 Å². The van der Waals surface area contributed by atoms with Crippen LogP contribution >= 0.6 is 0 Å². The topological polar surface area (TPSA) is 80.4 Å². The maximum absolute atomic E-state index is 10.3. The number of hydrogen-bond donors (Lipinski definition) is 2. The van der Waals surface area contributed by atoms with Crippen molar-refractivity contribution in [1.29, 1.82) is 0 Å². The smallest absolute Gasteiger partial charge is 0.309 e. The first-order valence-corrected chi connectivity index (χ1v) is 2.88. The Labute approximate surface area is 59.0 Å². The molecule has 0 aromatic heterocycles. The molecule has 0 bridgehead atoms. The molecule has 0 spiro atoms. The van der Waals surface area contributed by atoms with Crippen LogP contribution in [0.3, 0.4) is 0 Å². The highest BCUT2D eigenvalue weighted by molar-refractivity contribution is 5.83. The molecule has 0 heterocycles. The highest BCUT2D eigenvalue weighted by atomic mass is 16.4. The highest BCUT2D eigenvalue weighted by Crippen LogP contribution is 2.19. The molecule has 0 saturated heterocycles. The second-order valence-corrected chi connectivity index (χ2v) is 2.83. The highest BCUT2D eigenvalue weighted by Gasteiger charge is 2.28. The molecule has 0 rings (SSSR count). The van der Waals surface area contributed by atoms with Crippen LogP contribution in [-0.4, -0.2) is 17.0 Å². The van der Waals surface area contributed by atoms with E-state index in [2.05, 4.69) is 0 Å². The number of nitrogens with two attached hydrogens (primary N) is 1. The molecule has 4 nitrogen and oxygen atoms in total. The first-order chi connectivity index (χ1) is 4.36. The minimum atomic E-state index is -1.04. The van der Waals surface area contributed by atoms with Crippen LogP contribution in [0.2, 0.25) is 0 Å². The Morgan fingerprint density at radius 2 is 1.90 bits per heavy atom. The van der Waals surface area contributed by atoms with E-state index in [9.17, 15) is 9.59 Å². The third-order valence-electron chi connectivity index (χ3n) is 1.20. The third-order valence-corrected chi connectivity index (χ3v) is 1.20. The molecule has 0 aromatic rings. The van der Waals surface area contributed by atoms with Gasteiger partial charge in [-0.05, 0) is 13.8 Å². The molecule has 3 N–H and O–H groups in total. The van der Waals surface area contributed by atoms with Gasteiger partial charge in [0, 0.05) is 6.42 Å². The van der Waals surface area contributed by atoms with Gasteiger partial charge in [-0.3, -0.25) is 9.59 Å².